The Balaban J connectivity index is 2.79. The van der Waals surface area contributed by atoms with Gasteiger partial charge in [0.1, 0.15) is 6.61 Å². The third kappa shape index (κ3) is 2.40. The first-order valence-electron chi connectivity index (χ1n) is 4.28. The van der Waals surface area contributed by atoms with Crippen LogP contribution in [-0.2, 0) is 0 Å². The van der Waals surface area contributed by atoms with Gasteiger partial charge in [0.05, 0.1) is 5.69 Å². The lowest BCUT2D eigenvalue weighted by atomic mass is 10.3. The van der Waals surface area contributed by atoms with E-state index in [9.17, 15) is 4.39 Å². The van der Waals surface area contributed by atoms with Crippen LogP contribution in [0.25, 0.3) is 0 Å². The van der Waals surface area contributed by atoms with E-state index in [4.69, 9.17) is 4.74 Å². The zero-order chi connectivity index (χ0) is 10.4. The van der Waals surface area contributed by atoms with Gasteiger partial charge in [0.2, 0.25) is 0 Å². The molecule has 0 unspecified atom stereocenters. The van der Waals surface area contributed by atoms with Crippen LogP contribution in [0, 0.1) is 17.7 Å². The minimum Gasteiger partial charge on any atom is -0.478 e. The predicted molar refractivity (Wildman–Crippen MR) is 54.9 cm³/mol. The average Bonchev–Trinajstić information content (AvgIpc) is 2.21. The van der Waals surface area contributed by atoms with E-state index in [0.29, 0.717) is 5.69 Å². The Labute approximate surface area is 83.1 Å². The highest BCUT2D eigenvalue weighted by atomic mass is 19.1. The van der Waals surface area contributed by atoms with Crippen molar-refractivity contribution in [3.63, 3.8) is 0 Å². The molecule has 1 aromatic carbocycles. The van der Waals surface area contributed by atoms with Crippen LogP contribution in [0.4, 0.5) is 10.1 Å². The van der Waals surface area contributed by atoms with Crippen molar-refractivity contribution in [2.75, 3.05) is 19.0 Å². The second kappa shape index (κ2) is 5.13. The van der Waals surface area contributed by atoms with E-state index in [1.165, 1.54) is 0 Å². The molecule has 0 fully saturated rings. The van der Waals surface area contributed by atoms with Crippen LogP contribution in [-0.4, -0.2) is 13.7 Å². The normalized spacial score (nSPS) is 8.79. The topological polar surface area (TPSA) is 21.3 Å². The molecule has 0 aromatic heterocycles. The highest BCUT2D eigenvalue weighted by Crippen LogP contribution is 2.23. The molecule has 0 aliphatic carbocycles. The Morgan fingerprint density at radius 2 is 2.29 bits per heavy atom. The van der Waals surface area contributed by atoms with E-state index >= 15 is 0 Å². The van der Waals surface area contributed by atoms with E-state index in [1.54, 1.807) is 32.2 Å². The molecule has 0 aliphatic rings. The molecule has 1 rings (SSSR count). The lowest BCUT2D eigenvalue weighted by Crippen LogP contribution is -1.99. The molecular formula is C11H12FNO. The van der Waals surface area contributed by atoms with Crippen molar-refractivity contribution in [3.05, 3.63) is 24.0 Å². The van der Waals surface area contributed by atoms with E-state index in [2.05, 4.69) is 17.2 Å². The maximum Gasteiger partial charge on any atom is 0.188 e. The number of hydrogen-bond acceptors (Lipinski definition) is 2. The van der Waals surface area contributed by atoms with E-state index < -0.39 is 0 Å². The molecule has 0 amide bonds. The SMILES string of the molecule is CC#CCOc1cccc(NC)c1F. The molecule has 0 saturated heterocycles. The van der Waals surface area contributed by atoms with Gasteiger partial charge in [-0.25, -0.2) is 4.39 Å². The maximum absolute atomic E-state index is 13.5. The van der Waals surface area contributed by atoms with Gasteiger partial charge < -0.3 is 10.1 Å². The molecule has 0 radical (unpaired) electrons. The fraction of sp³-hybridized carbons (Fsp3) is 0.273. The summed E-state index contributed by atoms with van der Waals surface area (Å²) < 4.78 is 18.6. The summed E-state index contributed by atoms with van der Waals surface area (Å²) in [6.07, 6.45) is 0. The molecule has 0 aliphatic heterocycles. The van der Waals surface area contributed by atoms with Crippen LogP contribution in [0.2, 0.25) is 0 Å². The minimum absolute atomic E-state index is 0.209. The quantitative estimate of drug-likeness (QED) is 0.743. The van der Waals surface area contributed by atoms with Crippen molar-refractivity contribution in [2.24, 2.45) is 0 Å². The molecule has 0 saturated carbocycles. The summed E-state index contributed by atoms with van der Waals surface area (Å²) in [5.41, 5.74) is 0.423. The zero-order valence-electron chi connectivity index (χ0n) is 8.23. The number of nitrogens with one attached hydrogen (secondary N) is 1. The summed E-state index contributed by atoms with van der Waals surface area (Å²) in [5, 5.41) is 2.74. The van der Waals surface area contributed by atoms with Crippen LogP contribution in [0.15, 0.2) is 18.2 Å². The number of rotatable bonds is 3. The first-order valence-corrected chi connectivity index (χ1v) is 4.28. The van der Waals surface area contributed by atoms with Crippen LogP contribution in [0.1, 0.15) is 6.92 Å². The molecule has 0 bridgehead atoms. The van der Waals surface area contributed by atoms with Gasteiger partial charge in [-0.1, -0.05) is 12.0 Å². The van der Waals surface area contributed by atoms with Gasteiger partial charge in [-0.3, -0.25) is 0 Å². The van der Waals surface area contributed by atoms with Crippen molar-refractivity contribution in [2.45, 2.75) is 6.92 Å². The van der Waals surface area contributed by atoms with Crippen molar-refractivity contribution in [3.8, 4) is 17.6 Å². The lowest BCUT2D eigenvalue weighted by molar-refractivity contribution is 0.349. The van der Waals surface area contributed by atoms with Crippen molar-refractivity contribution < 1.29 is 9.13 Å². The monoisotopic (exact) mass is 193 g/mol. The average molecular weight is 193 g/mol. The van der Waals surface area contributed by atoms with Gasteiger partial charge in [-0.05, 0) is 19.1 Å². The van der Waals surface area contributed by atoms with E-state index in [1.807, 2.05) is 0 Å². The molecule has 1 aromatic rings. The van der Waals surface area contributed by atoms with Gasteiger partial charge in [-0.15, -0.1) is 5.92 Å². The van der Waals surface area contributed by atoms with Crippen LogP contribution < -0.4 is 10.1 Å². The second-order valence-electron chi connectivity index (χ2n) is 2.58. The Morgan fingerprint density at radius 1 is 1.50 bits per heavy atom. The highest BCUT2D eigenvalue weighted by Gasteiger charge is 2.06. The third-order valence-corrected chi connectivity index (χ3v) is 1.71. The van der Waals surface area contributed by atoms with Gasteiger partial charge in [0, 0.05) is 7.05 Å². The first kappa shape index (κ1) is 10.4. The zero-order valence-corrected chi connectivity index (χ0v) is 8.23. The van der Waals surface area contributed by atoms with Crippen molar-refractivity contribution in [1.29, 1.82) is 0 Å². The second-order valence-corrected chi connectivity index (χ2v) is 2.58. The molecular weight excluding hydrogens is 181 g/mol. The van der Waals surface area contributed by atoms with Crippen LogP contribution in [0.3, 0.4) is 0 Å². The highest BCUT2D eigenvalue weighted by molar-refractivity contribution is 5.49. The largest absolute Gasteiger partial charge is 0.478 e. The fourth-order valence-electron chi connectivity index (χ4n) is 1.00. The summed E-state index contributed by atoms with van der Waals surface area (Å²) in [6.45, 7) is 1.92. The third-order valence-electron chi connectivity index (χ3n) is 1.71. The van der Waals surface area contributed by atoms with Crippen molar-refractivity contribution in [1.82, 2.24) is 0 Å². The van der Waals surface area contributed by atoms with Gasteiger partial charge in [-0.2, -0.15) is 0 Å². The Bertz CT molecular complexity index is 365. The number of benzene rings is 1. The summed E-state index contributed by atoms with van der Waals surface area (Å²) in [4.78, 5) is 0. The molecule has 3 heteroatoms. The summed E-state index contributed by atoms with van der Waals surface area (Å²) in [6, 6.07) is 4.95. The Kier molecular flexibility index (Phi) is 3.81. The molecule has 1 N–H and O–H groups in total. The molecule has 0 atom stereocenters. The van der Waals surface area contributed by atoms with E-state index in [0.717, 1.165) is 0 Å². The number of halogens is 1. The first-order chi connectivity index (χ1) is 6.79. The molecule has 14 heavy (non-hydrogen) atoms. The smallest absolute Gasteiger partial charge is 0.188 e. The lowest BCUT2D eigenvalue weighted by Gasteiger charge is -2.07. The predicted octanol–water partition coefficient (Wildman–Crippen LogP) is 2.27. The number of hydrogen-bond donors (Lipinski definition) is 1. The van der Waals surface area contributed by atoms with Crippen LogP contribution in [0.5, 0.6) is 5.75 Å². The van der Waals surface area contributed by atoms with Gasteiger partial charge in [0.15, 0.2) is 11.6 Å². The van der Waals surface area contributed by atoms with Gasteiger partial charge >= 0.3 is 0 Å². The van der Waals surface area contributed by atoms with E-state index in [-0.39, 0.29) is 18.2 Å². The fourth-order valence-corrected chi connectivity index (χ4v) is 1.00. The van der Waals surface area contributed by atoms with Crippen LogP contribution >= 0.6 is 0 Å². The Hall–Kier alpha value is -1.69. The Morgan fingerprint density at radius 3 is 2.93 bits per heavy atom. The molecule has 74 valence electrons. The number of ether oxygens (including phenoxy) is 1. The summed E-state index contributed by atoms with van der Waals surface area (Å²) in [5.74, 6) is 5.22. The summed E-state index contributed by atoms with van der Waals surface area (Å²) in [7, 11) is 1.66. The van der Waals surface area contributed by atoms with Crippen molar-refractivity contribution >= 4 is 5.69 Å². The van der Waals surface area contributed by atoms with Gasteiger partial charge in [0.25, 0.3) is 0 Å². The summed E-state index contributed by atoms with van der Waals surface area (Å²) >= 11 is 0. The minimum atomic E-state index is -0.382. The standard InChI is InChI=1S/C11H12FNO/c1-3-4-8-14-10-7-5-6-9(13-2)11(10)12/h5-7,13H,8H2,1-2H3. The maximum atomic E-state index is 13.5. The molecule has 0 spiro atoms. The molecule has 0 heterocycles. The molecule has 2 nitrogen and oxygen atoms in total. The number of anilines is 1.